The lowest BCUT2D eigenvalue weighted by Gasteiger charge is -2.30. The maximum absolute atomic E-state index is 3.72. The number of hydrogen-bond acceptors (Lipinski definition) is 3. The molecule has 2 aliphatic heterocycles. The van der Waals surface area contributed by atoms with E-state index in [1.807, 2.05) is 0 Å². The maximum atomic E-state index is 3.72. The Morgan fingerprint density at radius 2 is 1.78 bits per heavy atom. The Morgan fingerprint density at radius 3 is 2.39 bits per heavy atom. The molecule has 2 heterocycles. The molecule has 0 bridgehead atoms. The Kier molecular flexibility index (Phi) is 5.46. The fourth-order valence-electron chi connectivity index (χ4n) is 3.43. The first-order valence-electron chi connectivity index (χ1n) is 7.78. The second-order valence-corrected chi connectivity index (χ2v) is 6.67. The highest BCUT2D eigenvalue weighted by molar-refractivity contribution is 4.80. The third kappa shape index (κ3) is 4.22. The number of likely N-dealkylation sites (tertiary alicyclic amines) is 2. The summed E-state index contributed by atoms with van der Waals surface area (Å²) in [7, 11) is 2.25. The van der Waals surface area contributed by atoms with Crippen molar-refractivity contribution in [2.24, 2.45) is 11.8 Å². The second-order valence-electron chi connectivity index (χ2n) is 6.67. The van der Waals surface area contributed by atoms with Crippen molar-refractivity contribution in [1.82, 2.24) is 15.1 Å². The SMILES string of the molecule is CC(C)N1CCC(CNCC2CCCN(C)C2)C1. The van der Waals surface area contributed by atoms with Crippen LogP contribution in [0.1, 0.15) is 33.1 Å². The second kappa shape index (κ2) is 6.88. The Labute approximate surface area is 113 Å². The smallest absolute Gasteiger partial charge is 0.00387 e. The zero-order valence-corrected chi connectivity index (χ0v) is 12.5. The highest BCUT2D eigenvalue weighted by Crippen LogP contribution is 2.18. The molecule has 0 aromatic carbocycles. The Hall–Kier alpha value is -0.120. The fraction of sp³-hybridized carbons (Fsp3) is 1.00. The lowest BCUT2D eigenvalue weighted by atomic mass is 9.98. The molecule has 0 aromatic rings. The summed E-state index contributed by atoms with van der Waals surface area (Å²) in [6.07, 6.45) is 4.18. The minimum atomic E-state index is 0.724. The summed E-state index contributed by atoms with van der Waals surface area (Å²) in [4.78, 5) is 5.09. The molecule has 2 saturated heterocycles. The van der Waals surface area contributed by atoms with E-state index in [0.29, 0.717) is 0 Å². The number of nitrogens with one attached hydrogen (secondary N) is 1. The molecule has 18 heavy (non-hydrogen) atoms. The van der Waals surface area contributed by atoms with Crippen LogP contribution >= 0.6 is 0 Å². The number of hydrogen-bond donors (Lipinski definition) is 1. The van der Waals surface area contributed by atoms with E-state index in [2.05, 4.69) is 36.0 Å². The molecule has 0 spiro atoms. The van der Waals surface area contributed by atoms with Crippen molar-refractivity contribution < 1.29 is 0 Å². The molecule has 1 N–H and O–H groups in total. The molecule has 3 nitrogen and oxygen atoms in total. The molecular formula is C15H31N3. The molecule has 2 fully saturated rings. The predicted octanol–water partition coefficient (Wildman–Crippen LogP) is 1.65. The summed E-state index contributed by atoms with van der Waals surface area (Å²) < 4.78 is 0. The molecular weight excluding hydrogens is 222 g/mol. The largest absolute Gasteiger partial charge is 0.316 e. The van der Waals surface area contributed by atoms with Gasteiger partial charge in [0.25, 0.3) is 0 Å². The van der Waals surface area contributed by atoms with Gasteiger partial charge in [0.1, 0.15) is 0 Å². The van der Waals surface area contributed by atoms with Crippen LogP contribution in [0.15, 0.2) is 0 Å². The van der Waals surface area contributed by atoms with Gasteiger partial charge in [0.2, 0.25) is 0 Å². The molecule has 3 heteroatoms. The van der Waals surface area contributed by atoms with Gasteiger partial charge in [-0.05, 0) is 78.2 Å². The van der Waals surface area contributed by atoms with Gasteiger partial charge in [-0.15, -0.1) is 0 Å². The van der Waals surface area contributed by atoms with Gasteiger partial charge in [0.15, 0.2) is 0 Å². The lowest BCUT2D eigenvalue weighted by molar-refractivity contribution is 0.204. The van der Waals surface area contributed by atoms with E-state index in [1.54, 1.807) is 0 Å². The minimum Gasteiger partial charge on any atom is -0.316 e. The molecule has 2 rings (SSSR count). The van der Waals surface area contributed by atoms with Gasteiger partial charge >= 0.3 is 0 Å². The summed E-state index contributed by atoms with van der Waals surface area (Å²) in [5.74, 6) is 1.76. The first kappa shape index (κ1) is 14.3. The summed E-state index contributed by atoms with van der Waals surface area (Å²) >= 11 is 0. The molecule has 0 aromatic heterocycles. The van der Waals surface area contributed by atoms with Crippen LogP contribution in [0.2, 0.25) is 0 Å². The zero-order valence-electron chi connectivity index (χ0n) is 12.5. The first-order chi connectivity index (χ1) is 8.65. The highest BCUT2D eigenvalue weighted by atomic mass is 15.2. The number of rotatable bonds is 5. The van der Waals surface area contributed by atoms with Gasteiger partial charge in [-0.25, -0.2) is 0 Å². The Morgan fingerprint density at radius 1 is 1.06 bits per heavy atom. The van der Waals surface area contributed by atoms with Crippen molar-refractivity contribution in [3.63, 3.8) is 0 Å². The predicted molar refractivity (Wildman–Crippen MR) is 77.9 cm³/mol. The molecule has 2 unspecified atom stereocenters. The van der Waals surface area contributed by atoms with Crippen molar-refractivity contribution >= 4 is 0 Å². The van der Waals surface area contributed by atoms with Gasteiger partial charge in [-0.3, -0.25) is 0 Å². The van der Waals surface area contributed by atoms with Gasteiger partial charge < -0.3 is 15.1 Å². The van der Waals surface area contributed by atoms with Gasteiger partial charge in [-0.1, -0.05) is 0 Å². The molecule has 0 radical (unpaired) electrons. The summed E-state index contributed by atoms with van der Waals surface area (Å²) in [5, 5.41) is 3.72. The normalized spacial score (nSPS) is 31.3. The first-order valence-corrected chi connectivity index (χ1v) is 7.78. The topological polar surface area (TPSA) is 18.5 Å². The van der Waals surface area contributed by atoms with Crippen LogP contribution in [-0.2, 0) is 0 Å². The van der Waals surface area contributed by atoms with Crippen LogP contribution in [0.4, 0.5) is 0 Å². The maximum Gasteiger partial charge on any atom is 0.00387 e. The van der Waals surface area contributed by atoms with Crippen LogP contribution in [0.5, 0.6) is 0 Å². The van der Waals surface area contributed by atoms with E-state index in [9.17, 15) is 0 Å². The van der Waals surface area contributed by atoms with Crippen LogP contribution in [0.25, 0.3) is 0 Å². The van der Waals surface area contributed by atoms with Crippen LogP contribution in [0, 0.1) is 11.8 Å². The van der Waals surface area contributed by atoms with E-state index in [0.717, 1.165) is 17.9 Å². The Bertz CT molecular complexity index is 242. The molecule has 0 amide bonds. The van der Waals surface area contributed by atoms with E-state index >= 15 is 0 Å². The van der Waals surface area contributed by atoms with Gasteiger partial charge in [0, 0.05) is 19.1 Å². The van der Waals surface area contributed by atoms with Crippen LogP contribution < -0.4 is 5.32 Å². The van der Waals surface area contributed by atoms with Crippen molar-refractivity contribution in [2.75, 3.05) is 46.3 Å². The van der Waals surface area contributed by atoms with Crippen LogP contribution in [-0.4, -0.2) is 62.2 Å². The number of nitrogens with zero attached hydrogens (tertiary/aromatic N) is 2. The monoisotopic (exact) mass is 253 g/mol. The van der Waals surface area contributed by atoms with Crippen LogP contribution in [0.3, 0.4) is 0 Å². The molecule has 106 valence electrons. The molecule has 0 aliphatic carbocycles. The Balaban J connectivity index is 1.58. The lowest BCUT2D eigenvalue weighted by Crippen LogP contribution is -2.38. The van der Waals surface area contributed by atoms with E-state index in [4.69, 9.17) is 0 Å². The van der Waals surface area contributed by atoms with E-state index in [-0.39, 0.29) is 0 Å². The molecule has 2 atom stereocenters. The van der Waals surface area contributed by atoms with Crippen molar-refractivity contribution in [2.45, 2.75) is 39.2 Å². The van der Waals surface area contributed by atoms with Crippen molar-refractivity contribution in [3.8, 4) is 0 Å². The standard InChI is InChI=1S/C15H31N3/c1-13(2)18-8-6-15(12-18)10-16-9-14-5-4-7-17(3)11-14/h13-16H,4-12H2,1-3H3. The van der Waals surface area contributed by atoms with Gasteiger partial charge in [0.05, 0.1) is 0 Å². The zero-order chi connectivity index (χ0) is 13.0. The molecule has 2 aliphatic rings. The third-order valence-corrected chi connectivity index (χ3v) is 4.64. The van der Waals surface area contributed by atoms with Gasteiger partial charge in [-0.2, -0.15) is 0 Å². The summed E-state index contributed by atoms with van der Waals surface area (Å²) in [6, 6.07) is 0.724. The average Bonchev–Trinajstić information content (AvgIpc) is 2.78. The minimum absolute atomic E-state index is 0.724. The summed E-state index contributed by atoms with van der Waals surface area (Å²) in [6.45, 7) is 12.3. The van der Waals surface area contributed by atoms with E-state index < -0.39 is 0 Å². The third-order valence-electron chi connectivity index (χ3n) is 4.64. The van der Waals surface area contributed by atoms with E-state index in [1.165, 1.54) is 58.5 Å². The average molecular weight is 253 g/mol. The van der Waals surface area contributed by atoms with Crippen molar-refractivity contribution in [1.29, 1.82) is 0 Å². The fourth-order valence-corrected chi connectivity index (χ4v) is 3.43. The van der Waals surface area contributed by atoms with Crippen molar-refractivity contribution in [3.05, 3.63) is 0 Å². The quantitative estimate of drug-likeness (QED) is 0.804. The highest BCUT2D eigenvalue weighted by Gasteiger charge is 2.24. The summed E-state index contributed by atoms with van der Waals surface area (Å²) in [5.41, 5.74) is 0. The number of piperidine rings is 1. The molecule has 0 saturated carbocycles.